The molecule has 1 N–H and O–H groups in total. The number of hydrogen-bond donors (Lipinski definition) is 1. The average molecular weight is 514 g/mol. The number of carboxylic acids is 1. The van der Waals surface area contributed by atoms with E-state index in [-0.39, 0.29) is 40.4 Å². The number of ether oxygens (including phenoxy) is 2. The van der Waals surface area contributed by atoms with Gasteiger partial charge in [0.1, 0.15) is 4.88 Å². The summed E-state index contributed by atoms with van der Waals surface area (Å²) in [4.78, 5) is 29.0. The van der Waals surface area contributed by atoms with E-state index in [0.29, 0.717) is 23.6 Å². The van der Waals surface area contributed by atoms with E-state index in [0.717, 1.165) is 51.6 Å². The number of hydrogen-bond acceptors (Lipinski definition) is 5. The van der Waals surface area contributed by atoms with Crippen LogP contribution in [-0.4, -0.2) is 48.4 Å². The number of carboxylic acid groups (broad SMARTS) is 1. The van der Waals surface area contributed by atoms with Gasteiger partial charge >= 0.3 is 5.97 Å². The Kier molecular flexibility index (Phi) is 8.59. The zero-order chi connectivity index (χ0) is 25.9. The van der Waals surface area contributed by atoms with Gasteiger partial charge in [-0.25, -0.2) is 4.79 Å². The van der Waals surface area contributed by atoms with Crippen LogP contribution in [0.15, 0.2) is 17.7 Å². The normalized spacial score (nSPS) is 26.6. The molecule has 2 heterocycles. The van der Waals surface area contributed by atoms with Crippen molar-refractivity contribution in [1.82, 2.24) is 0 Å². The van der Waals surface area contributed by atoms with Crippen molar-refractivity contribution in [3.05, 3.63) is 27.5 Å². The van der Waals surface area contributed by atoms with Crippen LogP contribution in [-0.2, 0) is 14.3 Å². The smallest absolute Gasteiger partial charge is 0.348 e. The van der Waals surface area contributed by atoms with Gasteiger partial charge in [0.2, 0.25) is 5.91 Å². The molecule has 1 aromatic heterocycles. The summed E-state index contributed by atoms with van der Waals surface area (Å²) in [5.74, 6) is 5.28. The second-order valence-electron chi connectivity index (χ2n) is 11.4. The SMILES string of the molecule is CC1=CC[C@@H](C(=O)N(c2cc(C#CC(C)(C)C)sc2C(=O)O)C2CCC(O[C@H]3CCOC3)CC2)CC1. The number of carbonyl (C=O) groups is 2. The zero-order valence-corrected chi connectivity index (χ0v) is 22.8. The van der Waals surface area contributed by atoms with Crippen molar-refractivity contribution in [3.8, 4) is 11.8 Å². The van der Waals surface area contributed by atoms with E-state index in [1.165, 1.54) is 16.9 Å². The van der Waals surface area contributed by atoms with Gasteiger partial charge in [0, 0.05) is 24.0 Å². The molecule has 0 spiro atoms. The number of aromatic carboxylic acids is 1. The molecule has 0 radical (unpaired) electrons. The van der Waals surface area contributed by atoms with Crippen molar-refractivity contribution in [2.24, 2.45) is 11.3 Å². The molecule has 3 aliphatic rings. The molecule has 0 unspecified atom stereocenters. The Morgan fingerprint density at radius 1 is 1.14 bits per heavy atom. The average Bonchev–Trinajstić information content (AvgIpc) is 3.49. The van der Waals surface area contributed by atoms with Gasteiger partial charge in [-0.2, -0.15) is 0 Å². The minimum absolute atomic E-state index is 0.0414. The molecule has 0 aromatic carbocycles. The monoisotopic (exact) mass is 513 g/mol. The molecule has 2 aliphatic carbocycles. The van der Waals surface area contributed by atoms with Gasteiger partial charge < -0.3 is 19.5 Å². The summed E-state index contributed by atoms with van der Waals surface area (Å²) in [5, 5.41) is 10.1. The molecule has 1 saturated heterocycles. The lowest BCUT2D eigenvalue weighted by atomic mass is 9.86. The topological polar surface area (TPSA) is 76.1 Å². The van der Waals surface area contributed by atoms with E-state index in [9.17, 15) is 14.7 Å². The number of anilines is 1. The summed E-state index contributed by atoms with van der Waals surface area (Å²) in [5.41, 5.74) is 1.63. The second kappa shape index (κ2) is 11.5. The molecule has 1 amide bonds. The predicted molar refractivity (Wildman–Crippen MR) is 143 cm³/mol. The van der Waals surface area contributed by atoms with E-state index in [2.05, 4.69) is 24.8 Å². The van der Waals surface area contributed by atoms with E-state index >= 15 is 0 Å². The maximum absolute atomic E-state index is 14.0. The molecule has 36 heavy (non-hydrogen) atoms. The molecule has 0 bridgehead atoms. The lowest BCUT2D eigenvalue weighted by molar-refractivity contribution is -0.123. The predicted octanol–water partition coefficient (Wildman–Crippen LogP) is 6.04. The van der Waals surface area contributed by atoms with Crippen LogP contribution in [0.2, 0.25) is 0 Å². The van der Waals surface area contributed by atoms with Crippen LogP contribution < -0.4 is 4.90 Å². The first-order valence-electron chi connectivity index (χ1n) is 13.2. The molecular formula is C29H39NO5S. The van der Waals surface area contributed by atoms with Crippen LogP contribution in [0.3, 0.4) is 0 Å². The highest BCUT2D eigenvalue weighted by Gasteiger charge is 2.37. The summed E-state index contributed by atoms with van der Waals surface area (Å²) < 4.78 is 11.7. The summed E-state index contributed by atoms with van der Waals surface area (Å²) in [6.45, 7) is 9.61. The molecule has 1 aliphatic heterocycles. The Bertz CT molecular complexity index is 1040. The van der Waals surface area contributed by atoms with Crippen LogP contribution in [0.5, 0.6) is 0 Å². The van der Waals surface area contributed by atoms with Crippen molar-refractivity contribution in [1.29, 1.82) is 0 Å². The van der Waals surface area contributed by atoms with Crippen molar-refractivity contribution in [3.63, 3.8) is 0 Å². The van der Waals surface area contributed by atoms with Gasteiger partial charge in [0.25, 0.3) is 0 Å². The van der Waals surface area contributed by atoms with E-state index in [1.54, 1.807) is 0 Å². The summed E-state index contributed by atoms with van der Waals surface area (Å²) in [6.07, 6.45) is 9.17. The molecule has 2 atom stereocenters. The van der Waals surface area contributed by atoms with Gasteiger partial charge in [-0.1, -0.05) is 23.5 Å². The fourth-order valence-electron chi connectivity index (χ4n) is 5.24. The standard InChI is InChI=1S/C29H39NO5S/c1-19-5-7-20(8-6-19)27(31)30(21-9-11-22(12-10-21)35-23-14-16-34-18-23)25-17-24(13-15-29(2,3)4)36-26(25)28(32)33/h5,17,20-23H,6-12,14,16,18H2,1-4H3,(H,32,33)/t20-,21?,22?,23+/m1/s1. The van der Waals surface area contributed by atoms with E-state index in [4.69, 9.17) is 9.47 Å². The minimum Gasteiger partial charge on any atom is -0.477 e. The van der Waals surface area contributed by atoms with Crippen molar-refractivity contribution < 1.29 is 24.2 Å². The largest absolute Gasteiger partial charge is 0.477 e. The summed E-state index contributed by atoms with van der Waals surface area (Å²) in [7, 11) is 0. The first-order chi connectivity index (χ1) is 17.1. The third-order valence-corrected chi connectivity index (χ3v) is 8.26. The maximum Gasteiger partial charge on any atom is 0.348 e. The number of rotatable bonds is 6. The Labute approximate surface area is 219 Å². The molecule has 4 rings (SSSR count). The minimum atomic E-state index is -1.01. The fraction of sp³-hybridized carbons (Fsp3) is 0.655. The number of amides is 1. The Morgan fingerprint density at radius 2 is 1.89 bits per heavy atom. The third kappa shape index (κ3) is 6.79. The van der Waals surface area contributed by atoms with Gasteiger partial charge in [-0.15, -0.1) is 11.3 Å². The van der Waals surface area contributed by atoms with Crippen molar-refractivity contribution in [2.45, 2.75) is 97.3 Å². The number of nitrogens with zero attached hydrogens (tertiary/aromatic N) is 1. The van der Waals surface area contributed by atoms with E-state index < -0.39 is 5.97 Å². The fourth-order valence-corrected chi connectivity index (χ4v) is 6.08. The van der Waals surface area contributed by atoms with Crippen molar-refractivity contribution in [2.75, 3.05) is 18.1 Å². The van der Waals surface area contributed by atoms with Crippen LogP contribution in [0.1, 0.15) is 93.6 Å². The molecule has 1 aromatic rings. The van der Waals surface area contributed by atoms with Crippen LogP contribution in [0.25, 0.3) is 0 Å². The lowest BCUT2D eigenvalue weighted by Gasteiger charge is -2.39. The third-order valence-electron chi connectivity index (χ3n) is 7.23. The van der Waals surface area contributed by atoms with Crippen LogP contribution in [0.4, 0.5) is 5.69 Å². The number of carbonyl (C=O) groups excluding carboxylic acids is 1. The second-order valence-corrected chi connectivity index (χ2v) is 12.5. The number of allylic oxidation sites excluding steroid dienone is 2. The van der Waals surface area contributed by atoms with Crippen LogP contribution >= 0.6 is 11.3 Å². The number of thiophene rings is 1. The molecule has 1 saturated carbocycles. The Balaban J connectivity index is 1.61. The van der Waals surface area contributed by atoms with Crippen molar-refractivity contribution >= 4 is 28.9 Å². The van der Waals surface area contributed by atoms with Crippen LogP contribution in [0, 0.1) is 23.2 Å². The quantitative estimate of drug-likeness (QED) is 0.371. The Morgan fingerprint density at radius 3 is 2.47 bits per heavy atom. The van der Waals surface area contributed by atoms with Gasteiger partial charge in [-0.05, 0) is 85.1 Å². The van der Waals surface area contributed by atoms with Gasteiger partial charge in [0.15, 0.2) is 0 Å². The highest BCUT2D eigenvalue weighted by atomic mass is 32.1. The zero-order valence-electron chi connectivity index (χ0n) is 22.0. The maximum atomic E-state index is 14.0. The summed E-state index contributed by atoms with van der Waals surface area (Å²) >= 11 is 1.17. The molecule has 196 valence electrons. The highest BCUT2D eigenvalue weighted by Crippen LogP contribution is 2.38. The summed E-state index contributed by atoms with van der Waals surface area (Å²) in [6, 6.07) is 1.79. The molecular weight excluding hydrogens is 474 g/mol. The van der Waals surface area contributed by atoms with Gasteiger partial charge in [0.05, 0.1) is 29.4 Å². The molecule has 2 fully saturated rings. The molecule has 7 heteroatoms. The highest BCUT2D eigenvalue weighted by molar-refractivity contribution is 7.15. The Hall–Kier alpha value is -2.14. The molecule has 6 nitrogen and oxygen atoms in total. The van der Waals surface area contributed by atoms with Gasteiger partial charge in [-0.3, -0.25) is 4.79 Å². The first-order valence-corrected chi connectivity index (χ1v) is 14.0. The lowest BCUT2D eigenvalue weighted by Crippen LogP contribution is -2.47. The van der Waals surface area contributed by atoms with E-state index in [1.807, 2.05) is 31.7 Å². The first kappa shape index (κ1) is 26.9.